The van der Waals surface area contributed by atoms with Gasteiger partial charge in [0, 0.05) is 24.0 Å². The van der Waals surface area contributed by atoms with Crippen LogP contribution in [0.2, 0.25) is 0 Å². The van der Waals surface area contributed by atoms with Gasteiger partial charge in [-0.05, 0) is 24.8 Å². The number of β-amino-alcohol motifs (C(OH)–C–C–N with tert-alkyl or cyclic N) is 1. The van der Waals surface area contributed by atoms with E-state index < -0.39 is 0 Å². The SMILES string of the molecule is C[C@@H](c1cccs1)N1CC[C@@H](O)C1. The first kappa shape index (κ1) is 9.19. The Hall–Kier alpha value is -0.380. The highest BCUT2D eigenvalue weighted by Crippen LogP contribution is 2.27. The van der Waals surface area contributed by atoms with Crippen molar-refractivity contribution in [2.24, 2.45) is 0 Å². The third kappa shape index (κ3) is 1.93. The molecule has 0 spiro atoms. The molecule has 3 heteroatoms. The molecule has 1 aliphatic rings. The molecule has 72 valence electrons. The number of rotatable bonds is 2. The van der Waals surface area contributed by atoms with Gasteiger partial charge in [0.15, 0.2) is 0 Å². The standard InChI is InChI=1S/C10H15NOS/c1-8(10-3-2-6-13-10)11-5-4-9(12)7-11/h2-3,6,8-9,12H,4-5,7H2,1H3/t8-,9+/m0/s1. The number of likely N-dealkylation sites (tertiary alicyclic amines) is 1. The molecule has 2 rings (SSSR count). The van der Waals surface area contributed by atoms with Crippen LogP contribution in [0.3, 0.4) is 0 Å². The summed E-state index contributed by atoms with van der Waals surface area (Å²) in [7, 11) is 0. The molecule has 1 aromatic heterocycles. The van der Waals surface area contributed by atoms with Crippen LogP contribution < -0.4 is 0 Å². The lowest BCUT2D eigenvalue weighted by Crippen LogP contribution is -2.24. The largest absolute Gasteiger partial charge is 0.392 e. The lowest BCUT2D eigenvalue weighted by Gasteiger charge is -2.22. The van der Waals surface area contributed by atoms with Crippen LogP contribution in [-0.4, -0.2) is 29.2 Å². The van der Waals surface area contributed by atoms with Crippen molar-refractivity contribution >= 4 is 11.3 Å². The van der Waals surface area contributed by atoms with E-state index in [0.717, 1.165) is 19.5 Å². The maximum absolute atomic E-state index is 9.41. The number of hydrogen-bond donors (Lipinski definition) is 1. The molecule has 0 aromatic carbocycles. The number of thiophene rings is 1. The van der Waals surface area contributed by atoms with E-state index in [0.29, 0.717) is 6.04 Å². The monoisotopic (exact) mass is 197 g/mol. The first-order valence-corrected chi connectivity index (χ1v) is 5.61. The highest BCUT2D eigenvalue weighted by Gasteiger charge is 2.25. The fraction of sp³-hybridized carbons (Fsp3) is 0.600. The average Bonchev–Trinajstić information content (AvgIpc) is 2.72. The van der Waals surface area contributed by atoms with E-state index >= 15 is 0 Å². The molecule has 1 fully saturated rings. The maximum atomic E-state index is 9.41. The van der Waals surface area contributed by atoms with Crippen LogP contribution in [0.4, 0.5) is 0 Å². The molecule has 2 heterocycles. The summed E-state index contributed by atoms with van der Waals surface area (Å²) in [6, 6.07) is 4.72. The van der Waals surface area contributed by atoms with Crippen molar-refractivity contribution in [1.29, 1.82) is 0 Å². The highest BCUT2D eigenvalue weighted by molar-refractivity contribution is 7.10. The van der Waals surface area contributed by atoms with Gasteiger partial charge in [0.2, 0.25) is 0 Å². The van der Waals surface area contributed by atoms with Crippen molar-refractivity contribution in [2.45, 2.75) is 25.5 Å². The molecule has 1 aromatic rings. The lowest BCUT2D eigenvalue weighted by molar-refractivity contribution is 0.164. The summed E-state index contributed by atoms with van der Waals surface area (Å²) in [6.07, 6.45) is 0.817. The van der Waals surface area contributed by atoms with E-state index in [9.17, 15) is 5.11 Å². The molecule has 2 atom stereocenters. The Balaban J connectivity index is 2.02. The minimum absolute atomic E-state index is 0.109. The van der Waals surface area contributed by atoms with Gasteiger partial charge < -0.3 is 5.11 Å². The average molecular weight is 197 g/mol. The van der Waals surface area contributed by atoms with E-state index in [-0.39, 0.29) is 6.10 Å². The van der Waals surface area contributed by atoms with Gasteiger partial charge in [-0.25, -0.2) is 0 Å². The van der Waals surface area contributed by atoms with Gasteiger partial charge in [0.05, 0.1) is 6.10 Å². The van der Waals surface area contributed by atoms with Crippen molar-refractivity contribution in [2.75, 3.05) is 13.1 Å². The van der Waals surface area contributed by atoms with E-state index in [2.05, 4.69) is 29.3 Å². The Bertz CT molecular complexity index is 260. The molecule has 1 saturated heterocycles. The van der Waals surface area contributed by atoms with Crippen LogP contribution in [0.15, 0.2) is 17.5 Å². The second-order valence-electron chi connectivity index (χ2n) is 3.63. The first-order valence-electron chi connectivity index (χ1n) is 4.73. The summed E-state index contributed by atoms with van der Waals surface area (Å²) >= 11 is 1.80. The lowest BCUT2D eigenvalue weighted by atomic mass is 10.2. The molecular weight excluding hydrogens is 182 g/mol. The highest BCUT2D eigenvalue weighted by atomic mass is 32.1. The zero-order valence-corrected chi connectivity index (χ0v) is 8.63. The van der Waals surface area contributed by atoms with Crippen LogP contribution in [0.25, 0.3) is 0 Å². The Morgan fingerprint density at radius 2 is 2.54 bits per heavy atom. The van der Waals surface area contributed by atoms with Gasteiger partial charge in [0.25, 0.3) is 0 Å². The van der Waals surface area contributed by atoms with Crippen molar-refractivity contribution in [1.82, 2.24) is 4.90 Å². The Morgan fingerprint density at radius 1 is 1.69 bits per heavy atom. The number of aliphatic hydroxyl groups excluding tert-OH is 1. The molecule has 1 aliphatic heterocycles. The second-order valence-corrected chi connectivity index (χ2v) is 4.61. The fourth-order valence-corrected chi connectivity index (χ4v) is 2.65. The van der Waals surface area contributed by atoms with Crippen molar-refractivity contribution in [3.63, 3.8) is 0 Å². The van der Waals surface area contributed by atoms with Crippen LogP contribution in [0.5, 0.6) is 0 Å². The molecule has 0 aliphatic carbocycles. The van der Waals surface area contributed by atoms with E-state index in [1.807, 2.05) is 0 Å². The van der Waals surface area contributed by atoms with Gasteiger partial charge in [0.1, 0.15) is 0 Å². The van der Waals surface area contributed by atoms with Crippen LogP contribution in [0.1, 0.15) is 24.3 Å². The Morgan fingerprint density at radius 3 is 3.08 bits per heavy atom. The number of aliphatic hydroxyl groups is 1. The smallest absolute Gasteiger partial charge is 0.0679 e. The van der Waals surface area contributed by atoms with Crippen molar-refractivity contribution < 1.29 is 5.11 Å². The van der Waals surface area contributed by atoms with Crippen molar-refractivity contribution in [3.8, 4) is 0 Å². The predicted octanol–water partition coefficient (Wildman–Crippen LogP) is 1.88. The van der Waals surface area contributed by atoms with Gasteiger partial charge in [-0.2, -0.15) is 0 Å². The quantitative estimate of drug-likeness (QED) is 0.782. The molecule has 0 bridgehead atoms. The van der Waals surface area contributed by atoms with Gasteiger partial charge in [-0.15, -0.1) is 11.3 Å². The minimum Gasteiger partial charge on any atom is -0.392 e. The van der Waals surface area contributed by atoms with E-state index in [1.165, 1.54) is 4.88 Å². The molecular formula is C10H15NOS. The van der Waals surface area contributed by atoms with Crippen molar-refractivity contribution in [3.05, 3.63) is 22.4 Å². The summed E-state index contributed by atoms with van der Waals surface area (Å²) in [6.45, 7) is 4.07. The third-order valence-corrected chi connectivity index (χ3v) is 3.74. The summed E-state index contributed by atoms with van der Waals surface area (Å²) in [5.74, 6) is 0. The van der Waals surface area contributed by atoms with E-state index in [1.54, 1.807) is 11.3 Å². The molecule has 0 radical (unpaired) electrons. The van der Waals surface area contributed by atoms with Crippen LogP contribution in [0, 0.1) is 0 Å². The summed E-state index contributed by atoms with van der Waals surface area (Å²) in [5.41, 5.74) is 0. The topological polar surface area (TPSA) is 23.5 Å². The first-order chi connectivity index (χ1) is 6.27. The summed E-state index contributed by atoms with van der Waals surface area (Å²) in [4.78, 5) is 3.74. The van der Waals surface area contributed by atoms with Gasteiger partial charge >= 0.3 is 0 Å². The predicted molar refractivity (Wildman–Crippen MR) is 54.9 cm³/mol. The molecule has 0 amide bonds. The molecule has 2 nitrogen and oxygen atoms in total. The molecule has 0 unspecified atom stereocenters. The normalized spacial score (nSPS) is 26.5. The van der Waals surface area contributed by atoms with Crippen LogP contribution in [-0.2, 0) is 0 Å². The Labute approximate surface area is 82.8 Å². The molecule has 13 heavy (non-hydrogen) atoms. The summed E-state index contributed by atoms with van der Waals surface area (Å²) in [5, 5.41) is 11.5. The number of hydrogen-bond acceptors (Lipinski definition) is 3. The van der Waals surface area contributed by atoms with Gasteiger partial charge in [-0.1, -0.05) is 6.07 Å². The third-order valence-electron chi connectivity index (χ3n) is 2.70. The Kier molecular flexibility index (Phi) is 2.67. The van der Waals surface area contributed by atoms with E-state index in [4.69, 9.17) is 0 Å². The van der Waals surface area contributed by atoms with Crippen LogP contribution >= 0.6 is 11.3 Å². The maximum Gasteiger partial charge on any atom is 0.0679 e. The number of nitrogens with zero attached hydrogens (tertiary/aromatic N) is 1. The fourth-order valence-electron chi connectivity index (χ4n) is 1.83. The zero-order chi connectivity index (χ0) is 9.26. The molecule has 1 N–H and O–H groups in total. The zero-order valence-electron chi connectivity index (χ0n) is 7.81. The molecule has 0 saturated carbocycles. The minimum atomic E-state index is -0.109. The summed E-state index contributed by atoms with van der Waals surface area (Å²) < 4.78 is 0. The second kappa shape index (κ2) is 3.78. The van der Waals surface area contributed by atoms with Gasteiger partial charge in [-0.3, -0.25) is 4.90 Å².